The van der Waals surface area contributed by atoms with Crippen molar-refractivity contribution in [1.29, 1.82) is 0 Å². The number of nitrogens with one attached hydrogen (secondary N) is 1. The standard InChI is InChI=1S/C13H24F3N3/c1-17-11-3-2-4-12(9-11)19-7-5-18(6-8-19)10-13(14,15)16/h11-12,17H,2-10H2,1H3. The Hall–Kier alpha value is -0.330. The molecule has 1 heterocycles. The van der Waals surface area contributed by atoms with Crippen LogP contribution in [0.25, 0.3) is 0 Å². The second kappa shape index (κ2) is 6.41. The summed E-state index contributed by atoms with van der Waals surface area (Å²) in [6.45, 7) is 1.87. The molecule has 112 valence electrons. The molecule has 0 radical (unpaired) electrons. The van der Waals surface area contributed by atoms with Gasteiger partial charge in [-0.1, -0.05) is 6.42 Å². The van der Waals surface area contributed by atoms with Crippen LogP contribution in [0.4, 0.5) is 13.2 Å². The summed E-state index contributed by atoms with van der Waals surface area (Å²) >= 11 is 0. The average molecular weight is 279 g/mol. The normalized spacial score (nSPS) is 31.6. The van der Waals surface area contributed by atoms with E-state index < -0.39 is 12.7 Å². The Morgan fingerprint density at radius 3 is 2.37 bits per heavy atom. The molecule has 0 bridgehead atoms. The van der Waals surface area contributed by atoms with Crippen LogP contribution in [-0.4, -0.2) is 67.8 Å². The summed E-state index contributed by atoms with van der Waals surface area (Å²) in [5.41, 5.74) is 0. The van der Waals surface area contributed by atoms with Gasteiger partial charge in [-0.2, -0.15) is 13.2 Å². The molecule has 0 spiro atoms. The average Bonchev–Trinajstić information content (AvgIpc) is 2.38. The quantitative estimate of drug-likeness (QED) is 0.848. The van der Waals surface area contributed by atoms with Crippen LogP contribution in [0, 0.1) is 0 Å². The largest absolute Gasteiger partial charge is 0.401 e. The van der Waals surface area contributed by atoms with Gasteiger partial charge >= 0.3 is 6.18 Å². The van der Waals surface area contributed by atoms with E-state index in [1.807, 2.05) is 7.05 Å². The third kappa shape index (κ3) is 4.61. The number of nitrogens with zero attached hydrogens (tertiary/aromatic N) is 2. The highest BCUT2D eigenvalue weighted by molar-refractivity contribution is 4.86. The van der Waals surface area contributed by atoms with Crippen molar-refractivity contribution < 1.29 is 13.2 Å². The molecule has 3 nitrogen and oxygen atoms in total. The molecular weight excluding hydrogens is 255 g/mol. The predicted octanol–water partition coefficient (Wildman–Crippen LogP) is 1.70. The first-order valence-electron chi connectivity index (χ1n) is 7.18. The molecular formula is C13H24F3N3. The molecule has 1 saturated carbocycles. The summed E-state index contributed by atoms with van der Waals surface area (Å²) in [4.78, 5) is 3.91. The maximum absolute atomic E-state index is 12.3. The third-order valence-electron chi connectivity index (χ3n) is 4.38. The maximum atomic E-state index is 12.3. The van der Waals surface area contributed by atoms with Crippen molar-refractivity contribution in [3.8, 4) is 0 Å². The highest BCUT2D eigenvalue weighted by atomic mass is 19.4. The highest BCUT2D eigenvalue weighted by Gasteiger charge is 2.34. The summed E-state index contributed by atoms with van der Waals surface area (Å²) in [7, 11) is 1.99. The number of piperazine rings is 1. The van der Waals surface area contributed by atoms with Crippen LogP contribution in [0.1, 0.15) is 25.7 Å². The SMILES string of the molecule is CNC1CCCC(N2CCN(CC(F)(F)F)CC2)C1. The van der Waals surface area contributed by atoms with E-state index in [0.717, 1.165) is 19.5 Å². The number of rotatable bonds is 3. The maximum Gasteiger partial charge on any atom is 0.401 e. The lowest BCUT2D eigenvalue weighted by Crippen LogP contribution is -2.54. The van der Waals surface area contributed by atoms with Crippen LogP contribution < -0.4 is 5.32 Å². The molecule has 1 aliphatic carbocycles. The molecule has 1 aliphatic heterocycles. The fourth-order valence-corrected chi connectivity index (χ4v) is 3.30. The van der Waals surface area contributed by atoms with Gasteiger partial charge in [-0.05, 0) is 26.3 Å². The zero-order valence-corrected chi connectivity index (χ0v) is 11.5. The van der Waals surface area contributed by atoms with E-state index in [1.54, 1.807) is 0 Å². The van der Waals surface area contributed by atoms with Gasteiger partial charge in [0, 0.05) is 38.3 Å². The van der Waals surface area contributed by atoms with E-state index in [0.29, 0.717) is 25.2 Å². The molecule has 0 aromatic carbocycles. The molecule has 2 fully saturated rings. The molecule has 19 heavy (non-hydrogen) atoms. The first kappa shape index (κ1) is 15.1. The number of alkyl halides is 3. The zero-order valence-electron chi connectivity index (χ0n) is 11.5. The Kier molecular flexibility index (Phi) is 5.09. The molecule has 2 rings (SSSR count). The summed E-state index contributed by atoms with van der Waals surface area (Å²) in [6.07, 6.45) is 0.706. The van der Waals surface area contributed by atoms with Crippen molar-refractivity contribution in [2.75, 3.05) is 39.8 Å². The van der Waals surface area contributed by atoms with E-state index in [4.69, 9.17) is 0 Å². The van der Waals surface area contributed by atoms with Crippen LogP contribution in [-0.2, 0) is 0 Å². The molecule has 0 aromatic heterocycles. The Bertz CT molecular complexity index is 275. The molecule has 1 saturated heterocycles. The topological polar surface area (TPSA) is 18.5 Å². The molecule has 0 amide bonds. The van der Waals surface area contributed by atoms with Gasteiger partial charge in [0.1, 0.15) is 0 Å². The molecule has 2 unspecified atom stereocenters. The fraction of sp³-hybridized carbons (Fsp3) is 1.00. The van der Waals surface area contributed by atoms with Crippen LogP contribution in [0.3, 0.4) is 0 Å². The minimum absolute atomic E-state index is 0.542. The molecule has 6 heteroatoms. The van der Waals surface area contributed by atoms with E-state index in [-0.39, 0.29) is 0 Å². The Morgan fingerprint density at radius 2 is 1.79 bits per heavy atom. The van der Waals surface area contributed by atoms with Gasteiger partial charge in [0.15, 0.2) is 0 Å². The molecule has 2 aliphatic rings. The summed E-state index contributed by atoms with van der Waals surface area (Å²) in [5.74, 6) is 0. The van der Waals surface area contributed by atoms with E-state index in [9.17, 15) is 13.2 Å². The smallest absolute Gasteiger partial charge is 0.317 e. The van der Waals surface area contributed by atoms with Crippen molar-refractivity contribution in [1.82, 2.24) is 15.1 Å². The van der Waals surface area contributed by atoms with Crippen LogP contribution in [0.15, 0.2) is 0 Å². The number of hydrogen-bond acceptors (Lipinski definition) is 3. The first-order valence-corrected chi connectivity index (χ1v) is 7.18. The van der Waals surface area contributed by atoms with Crippen LogP contribution in [0.2, 0.25) is 0 Å². The number of hydrogen-bond donors (Lipinski definition) is 1. The van der Waals surface area contributed by atoms with Gasteiger partial charge < -0.3 is 5.32 Å². The minimum Gasteiger partial charge on any atom is -0.317 e. The highest BCUT2D eigenvalue weighted by Crippen LogP contribution is 2.25. The molecule has 2 atom stereocenters. The number of halogens is 3. The van der Waals surface area contributed by atoms with Crippen LogP contribution >= 0.6 is 0 Å². The van der Waals surface area contributed by atoms with Crippen molar-refractivity contribution in [2.24, 2.45) is 0 Å². The van der Waals surface area contributed by atoms with E-state index in [2.05, 4.69) is 10.2 Å². The lowest BCUT2D eigenvalue weighted by Gasteiger charge is -2.42. The fourth-order valence-electron chi connectivity index (χ4n) is 3.30. The van der Waals surface area contributed by atoms with Crippen molar-refractivity contribution in [2.45, 2.75) is 43.9 Å². The zero-order chi connectivity index (χ0) is 13.9. The lowest BCUT2D eigenvalue weighted by molar-refractivity contribution is -0.150. The van der Waals surface area contributed by atoms with Gasteiger partial charge in [-0.3, -0.25) is 9.80 Å². The predicted molar refractivity (Wildman–Crippen MR) is 69.2 cm³/mol. The summed E-state index contributed by atoms with van der Waals surface area (Å²) < 4.78 is 37.0. The summed E-state index contributed by atoms with van der Waals surface area (Å²) in [5, 5.41) is 3.33. The van der Waals surface area contributed by atoms with Gasteiger partial charge in [-0.25, -0.2) is 0 Å². The van der Waals surface area contributed by atoms with Gasteiger partial charge in [-0.15, -0.1) is 0 Å². The lowest BCUT2D eigenvalue weighted by atomic mass is 9.89. The summed E-state index contributed by atoms with van der Waals surface area (Å²) in [6, 6.07) is 1.13. The van der Waals surface area contributed by atoms with Gasteiger partial charge in [0.25, 0.3) is 0 Å². The van der Waals surface area contributed by atoms with Gasteiger partial charge in [0.05, 0.1) is 6.54 Å². The van der Waals surface area contributed by atoms with E-state index >= 15 is 0 Å². The van der Waals surface area contributed by atoms with Gasteiger partial charge in [0.2, 0.25) is 0 Å². The second-order valence-corrected chi connectivity index (χ2v) is 5.73. The second-order valence-electron chi connectivity index (χ2n) is 5.73. The Morgan fingerprint density at radius 1 is 1.11 bits per heavy atom. The molecule has 1 N–H and O–H groups in total. The van der Waals surface area contributed by atoms with Crippen molar-refractivity contribution in [3.05, 3.63) is 0 Å². The van der Waals surface area contributed by atoms with Crippen molar-refractivity contribution in [3.63, 3.8) is 0 Å². The monoisotopic (exact) mass is 279 g/mol. The molecule has 0 aromatic rings. The first-order chi connectivity index (χ1) is 8.98. The van der Waals surface area contributed by atoms with Crippen molar-refractivity contribution >= 4 is 0 Å². The Balaban J connectivity index is 1.76. The minimum atomic E-state index is -4.07. The van der Waals surface area contributed by atoms with E-state index in [1.165, 1.54) is 24.2 Å². The van der Waals surface area contributed by atoms with Crippen LogP contribution in [0.5, 0.6) is 0 Å². The third-order valence-corrected chi connectivity index (χ3v) is 4.38. The Labute approximate surface area is 113 Å².